The van der Waals surface area contributed by atoms with Crippen molar-refractivity contribution >= 4 is 39.0 Å². The molecule has 0 atom stereocenters. The zero-order chi connectivity index (χ0) is 19.7. The minimum absolute atomic E-state index is 0.233. The number of ether oxygens (including phenoxy) is 2. The maximum atomic E-state index is 12.9. The number of carbonyl (C=O) groups is 2. The van der Waals surface area contributed by atoms with Crippen LogP contribution in [0.25, 0.3) is 10.8 Å². The van der Waals surface area contributed by atoms with E-state index in [1.54, 1.807) is 20.1 Å². The van der Waals surface area contributed by atoms with Gasteiger partial charge < -0.3 is 14.8 Å². The number of aryl methyl sites for hydroxylation is 1. The summed E-state index contributed by atoms with van der Waals surface area (Å²) in [4.78, 5) is 26.5. The number of anilines is 1. The molecule has 1 aliphatic rings. The summed E-state index contributed by atoms with van der Waals surface area (Å²) in [6, 6.07) is 11.2. The number of hydrogen-bond donors (Lipinski definition) is 1. The minimum atomic E-state index is -0.359. The van der Waals surface area contributed by atoms with Gasteiger partial charge in [-0.1, -0.05) is 12.1 Å². The molecule has 0 unspecified atom stereocenters. The van der Waals surface area contributed by atoms with E-state index < -0.39 is 0 Å². The molecule has 0 saturated heterocycles. The van der Waals surface area contributed by atoms with E-state index in [0.717, 1.165) is 41.3 Å². The van der Waals surface area contributed by atoms with Gasteiger partial charge in [-0.05, 0) is 66.8 Å². The van der Waals surface area contributed by atoms with Crippen LogP contribution in [-0.2, 0) is 17.6 Å². The highest BCUT2D eigenvalue weighted by Crippen LogP contribution is 2.39. The average Bonchev–Trinajstić information content (AvgIpc) is 3.27. The molecule has 3 aromatic rings. The third kappa shape index (κ3) is 3.36. The quantitative estimate of drug-likeness (QED) is 0.629. The van der Waals surface area contributed by atoms with Crippen molar-refractivity contribution in [3.05, 3.63) is 58.0 Å². The van der Waals surface area contributed by atoms with Crippen LogP contribution in [0.1, 0.15) is 44.5 Å². The van der Waals surface area contributed by atoms with Gasteiger partial charge in [0, 0.05) is 10.4 Å². The zero-order valence-corrected chi connectivity index (χ0v) is 16.7. The van der Waals surface area contributed by atoms with E-state index in [0.29, 0.717) is 22.7 Å². The molecule has 0 spiro atoms. The Morgan fingerprint density at radius 3 is 2.68 bits per heavy atom. The predicted octanol–water partition coefficient (Wildman–Crippen LogP) is 4.83. The lowest BCUT2D eigenvalue weighted by atomic mass is 10.1. The van der Waals surface area contributed by atoms with Crippen LogP contribution in [0, 0.1) is 0 Å². The summed E-state index contributed by atoms with van der Waals surface area (Å²) in [6.07, 6.45) is 2.84. The van der Waals surface area contributed by atoms with E-state index in [2.05, 4.69) is 5.32 Å². The Morgan fingerprint density at radius 1 is 1.11 bits per heavy atom. The summed E-state index contributed by atoms with van der Waals surface area (Å²) < 4.78 is 10.5. The number of thiophene rings is 1. The number of fused-ring (bicyclic) bond motifs is 2. The fourth-order valence-corrected chi connectivity index (χ4v) is 4.85. The standard InChI is InChI=1S/C22H21NO4S/c1-3-27-22(25)19-17-5-4-6-18(17)28-21(19)23-20(24)15-8-7-14-12-16(26-2)10-9-13(14)11-15/h7-12H,3-6H2,1-2H3,(H,23,24). The number of hydrogen-bond acceptors (Lipinski definition) is 5. The van der Waals surface area contributed by atoms with Crippen LogP contribution >= 0.6 is 11.3 Å². The summed E-state index contributed by atoms with van der Waals surface area (Å²) >= 11 is 1.49. The first-order valence-corrected chi connectivity index (χ1v) is 10.1. The molecule has 4 rings (SSSR count). The van der Waals surface area contributed by atoms with Gasteiger partial charge in [0.15, 0.2) is 0 Å². The van der Waals surface area contributed by atoms with Crippen molar-refractivity contribution in [1.82, 2.24) is 0 Å². The molecule has 0 aliphatic heterocycles. The third-order valence-corrected chi connectivity index (χ3v) is 6.14. The van der Waals surface area contributed by atoms with Crippen molar-refractivity contribution in [3.63, 3.8) is 0 Å². The summed E-state index contributed by atoms with van der Waals surface area (Å²) in [6.45, 7) is 2.10. The molecule has 0 bridgehead atoms. The van der Waals surface area contributed by atoms with Crippen molar-refractivity contribution in [2.24, 2.45) is 0 Å². The second kappa shape index (κ2) is 7.64. The molecule has 5 nitrogen and oxygen atoms in total. The van der Waals surface area contributed by atoms with Crippen molar-refractivity contribution < 1.29 is 19.1 Å². The van der Waals surface area contributed by atoms with Crippen LogP contribution in [0.2, 0.25) is 0 Å². The van der Waals surface area contributed by atoms with Crippen LogP contribution in [0.5, 0.6) is 5.75 Å². The molecule has 2 aromatic carbocycles. The van der Waals surface area contributed by atoms with Crippen LogP contribution < -0.4 is 10.1 Å². The maximum Gasteiger partial charge on any atom is 0.341 e. The van der Waals surface area contributed by atoms with Gasteiger partial charge >= 0.3 is 5.97 Å². The Bertz CT molecular complexity index is 1070. The lowest BCUT2D eigenvalue weighted by Gasteiger charge is -2.09. The van der Waals surface area contributed by atoms with E-state index in [1.165, 1.54) is 16.2 Å². The lowest BCUT2D eigenvalue weighted by Crippen LogP contribution is -2.15. The first kappa shape index (κ1) is 18.5. The smallest absolute Gasteiger partial charge is 0.341 e. The molecule has 1 aromatic heterocycles. The fourth-order valence-electron chi connectivity index (χ4n) is 3.58. The summed E-state index contributed by atoms with van der Waals surface area (Å²) in [7, 11) is 1.63. The molecule has 28 heavy (non-hydrogen) atoms. The topological polar surface area (TPSA) is 64.6 Å². The summed E-state index contributed by atoms with van der Waals surface area (Å²) in [5.74, 6) is 0.183. The van der Waals surface area contributed by atoms with Gasteiger partial charge in [-0.25, -0.2) is 4.79 Å². The predicted molar refractivity (Wildman–Crippen MR) is 111 cm³/mol. The number of benzene rings is 2. The fraction of sp³-hybridized carbons (Fsp3) is 0.273. The molecule has 0 fully saturated rings. The maximum absolute atomic E-state index is 12.9. The summed E-state index contributed by atoms with van der Waals surface area (Å²) in [5.41, 5.74) is 2.10. The van der Waals surface area contributed by atoms with Gasteiger partial charge in [-0.2, -0.15) is 0 Å². The zero-order valence-electron chi connectivity index (χ0n) is 15.8. The van der Waals surface area contributed by atoms with E-state index in [-0.39, 0.29) is 11.9 Å². The average molecular weight is 395 g/mol. The first-order valence-electron chi connectivity index (χ1n) is 9.31. The molecule has 144 valence electrons. The van der Waals surface area contributed by atoms with Crippen molar-refractivity contribution in [3.8, 4) is 5.75 Å². The van der Waals surface area contributed by atoms with Crippen molar-refractivity contribution in [2.75, 3.05) is 19.0 Å². The van der Waals surface area contributed by atoms with Crippen molar-refractivity contribution in [2.45, 2.75) is 26.2 Å². The van der Waals surface area contributed by atoms with E-state index in [1.807, 2.05) is 30.3 Å². The van der Waals surface area contributed by atoms with Crippen molar-refractivity contribution in [1.29, 1.82) is 0 Å². The van der Waals surface area contributed by atoms with Gasteiger partial charge in [0.25, 0.3) is 5.91 Å². The van der Waals surface area contributed by atoms with Crippen LogP contribution in [0.4, 0.5) is 5.00 Å². The minimum Gasteiger partial charge on any atom is -0.497 e. The highest BCUT2D eigenvalue weighted by Gasteiger charge is 2.28. The second-order valence-corrected chi connectivity index (χ2v) is 7.77. The largest absolute Gasteiger partial charge is 0.497 e. The number of rotatable bonds is 5. The molecule has 6 heteroatoms. The molecule has 1 N–H and O–H groups in total. The SMILES string of the molecule is CCOC(=O)c1c(NC(=O)c2ccc3cc(OC)ccc3c2)sc2c1CCC2. The molecule has 1 heterocycles. The molecule has 0 saturated carbocycles. The number of nitrogens with one attached hydrogen (secondary N) is 1. The number of amides is 1. The highest BCUT2D eigenvalue weighted by atomic mass is 32.1. The van der Waals surface area contributed by atoms with Gasteiger partial charge in [0.1, 0.15) is 10.8 Å². The molecular weight excluding hydrogens is 374 g/mol. The summed E-state index contributed by atoms with van der Waals surface area (Å²) in [5, 5.41) is 5.47. The number of carbonyl (C=O) groups excluding carboxylic acids is 2. The Kier molecular flexibility index (Phi) is 5.05. The Morgan fingerprint density at radius 2 is 1.89 bits per heavy atom. The molecule has 0 radical (unpaired) electrons. The van der Waals surface area contributed by atoms with Gasteiger partial charge in [0.05, 0.1) is 19.3 Å². The Labute approximate surface area is 167 Å². The lowest BCUT2D eigenvalue weighted by molar-refractivity contribution is 0.0527. The van der Waals surface area contributed by atoms with Gasteiger partial charge in [-0.3, -0.25) is 4.79 Å². The third-order valence-electron chi connectivity index (χ3n) is 4.94. The Balaban J connectivity index is 1.63. The normalized spacial score (nSPS) is 12.6. The van der Waals surface area contributed by atoms with Crippen LogP contribution in [-0.4, -0.2) is 25.6 Å². The number of methoxy groups -OCH3 is 1. The molecule has 1 aliphatic carbocycles. The highest BCUT2D eigenvalue weighted by molar-refractivity contribution is 7.17. The molecule has 1 amide bonds. The second-order valence-electron chi connectivity index (χ2n) is 6.66. The molecular formula is C22H21NO4S. The van der Waals surface area contributed by atoms with E-state index in [4.69, 9.17) is 9.47 Å². The van der Waals surface area contributed by atoms with Gasteiger partial charge in [-0.15, -0.1) is 11.3 Å². The number of esters is 1. The van der Waals surface area contributed by atoms with E-state index in [9.17, 15) is 9.59 Å². The monoisotopic (exact) mass is 395 g/mol. The van der Waals surface area contributed by atoms with Gasteiger partial charge in [0.2, 0.25) is 0 Å². The van der Waals surface area contributed by atoms with Crippen LogP contribution in [0.3, 0.4) is 0 Å². The van der Waals surface area contributed by atoms with Crippen LogP contribution in [0.15, 0.2) is 36.4 Å². The Hall–Kier alpha value is -2.86. The van der Waals surface area contributed by atoms with E-state index >= 15 is 0 Å². The first-order chi connectivity index (χ1) is 13.6.